The van der Waals surface area contributed by atoms with Crippen molar-refractivity contribution in [1.82, 2.24) is 9.97 Å². The molecule has 2 aromatic rings. The first kappa shape index (κ1) is 10.1. The lowest BCUT2D eigenvalue weighted by Crippen LogP contribution is -2.13. The molecule has 0 aliphatic rings. The van der Waals surface area contributed by atoms with Crippen molar-refractivity contribution in [3.05, 3.63) is 48.3 Å². The fraction of sp³-hybridized carbons (Fsp3) is 0. The number of nitrogens with two attached hydrogens (primary N) is 1. The van der Waals surface area contributed by atoms with E-state index in [9.17, 15) is 4.79 Å². The summed E-state index contributed by atoms with van der Waals surface area (Å²) in [7, 11) is 0. The molecular weight excluding hydrogens is 204 g/mol. The molecule has 0 aromatic carbocycles. The third-order valence-corrected chi connectivity index (χ3v) is 1.95. The number of rotatable bonds is 2. The topological polar surface area (TPSA) is 80.9 Å². The Kier molecular flexibility index (Phi) is 2.77. The van der Waals surface area contributed by atoms with Gasteiger partial charge in [-0.2, -0.15) is 0 Å². The van der Waals surface area contributed by atoms with E-state index in [1.165, 1.54) is 12.3 Å². The number of nitrogen functional groups attached to an aromatic ring is 1. The highest BCUT2D eigenvalue weighted by atomic mass is 16.1. The van der Waals surface area contributed by atoms with Gasteiger partial charge in [0, 0.05) is 18.0 Å². The van der Waals surface area contributed by atoms with Gasteiger partial charge in [0.1, 0.15) is 11.6 Å². The quantitative estimate of drug-likeness (QED) is 0.789. The zero-order valence-corrected chi connectivity index (χ0v) is 8.42. The molecule has 5 nitrogen and oxygen atoms in total. The Morgan fingerprint density at radius 1 is 1.19 bits per heavy atom. The van der Waals surface area contributed by atoms with Crippen molar-refractivity contribution in [3.8, 4) is 0 Å². The van der Waals surface area contributed by atoms with Crippen molar-refractivity contribution < 1.29 is 4.79 Å². The van der Waals surface area contributed by atoms with Crippen LogP contribution in [0, 0.1) is 0 Å². The normalized spacial score (nSPS) is 9.75. The Labute approximate surface area is 92.3 Å². The molecule has 5 heteroatoms. The Hall–Kier alpha value is -2.43. The minimum absolute atomic E-state index is 0.257. The summed E-state index contributed by atoms with van der Waals surface area (Å²) in [5.41, 5.74) is 5.94. The van der Waals surface area contributed by atoms with Gasteiger partial charge in [-0.1, -0.05) is 6.07 Å². The number of amides is 1. The summed E-state index contributed by atoms with van der Waals surface area (Å²) < 4.78 is 0. The maximum atomic E-state index is 11.7. The van der Waals surface area contributed by atoms with E-state index in [0.29, 0.717) is 17.2 Å². The Balaban J connectivity index is 2.15. The van der Waals surface area contributed by atoms with E-state index < -0.39 is 0 Å². The van der Waals surface area contributed by atoms with Crippen molar-refractivity contribution in [3.63, 3.8) is 0 Å². The van der Waals surface area contributed by atoms with E-state index in [4.69, 9.17) is 5.73 Å². The molecule has 0 spiro atoms. The molecular formula is C11H10N4O. The number of aromatic nitrogens is 2. The fourth-order valence-electron chi connectivity index (χ4n) is 1.21. The number of hydrogen-bond acceptors (Lipinski definition) is 4. The molecule has 2 aromatic heterocycles. The van der Waals surface area contributed by atoms with E-state index in [1.807, 2.05) is 0 Å². The molecule has 0 saturated heterocycles. The molecule has 0 fully saturated rings. The molecule has 2 heterocycles. The van der Waals surface area contributed by atoms with Gasteiger partial charge in [0.15, 0.2) is 0 Å². The van der Waals surface area contributed by atoms with Gasteiger partial charge in [0.05, 0.1) is 0 Å². The lowest BCUT2D eigenvalue weighted by molar-refractivity contribution is 0.102. The predicted octanol–water partition coefficient (Wildman–Crippen LogP) is 1.31. The Morgan fingerprint density at radius 3 is 2.75 bits per heavy atom. The standard InChI is InChI=1S/C11H10N4O/c12-9-7-8(4-6-13-9)11(16)15-10-3-1-2-5-14-10/h1-7H,(H2,12,13)(H,14,15,16). The summed E-state index contributed by atoms with van der Waals surface area (Å²) in [6.45, 7) is 0. The molecule has 1 amide bonds. The van der Waals surface area contributed by atoms with Gasteiger partial charge in [-0.05, 0) is 24.3 Å². The van der Waals surface area contributed by atoms with Crippen molar-refractivity contribution in [2.75, 3.05) is 11.1 Å². The fourth-order valence-corrected chi connectivity index (χ4v) is 1.21. The largest absolute Gasteiger partial charge is 0.384 e. The molecule has 0 aliphatic carbocycles. The molecule has 0 unspecified atom stereocenters. The van der Waals surface area contributed by atoms with Crippen molar-refractivity contribution >= 4 is 17.5 Å². The summed E-state index contributed by atoms with van der Waals surface area (Å²) in [4.78, 5) is 19.5. The minimum Gasteiger partial charge on any atom is -0.384 e. The maximum absolute atomic E-state index is 11.7. The molecule has 0 bridgehead atoms. The molecule has 2 rings (SSSR count). The van der Waals surface area contributed by atoms with Crippen LogP contribution in [0.25, 0.3) is 0 Å². The van der Waals surface area contributed by atoms with Gasteiger partial charge >= 0.3 is 0 Å². The first-order valence-electron chi connectivity index (χ1n) is 4.69. The molecule has 80 valence electrons. The summed E-state index contributed by atoms with van der Waals surface area (Å²) >= 11 is 0. The second-order valence-electron chi connectivity index (χ2n) is 3.14. The van der Waals surface area contributed by atoms with E-state index in [0.717, 1.165) is 0 Å². The van der Waals surface area contributed by atoms with Gasteiger partial charge in [-0.25, -0.2) is 9.97 Å². The third kappa shape index (κ3) is 2.33. The number of nitrogens with zero attached hydrogens (tertiary/aromatic N) is 2. The smallest absolute Gasteiger partial charge is 0.257 e. The van der Waals surface area contributed by atoms with Crippen LogP contribution in [0.3, 0.4) is 0 Å². The van der Waals surface area contributed by atoms with Crippen LogP contribution in [-0.4, -0.2) is 15.9 Å². The van der Waals surface area contributed by atoms with Gasteiger partial charge in [-0.3, -0.25) is 4.79 Å². The number of anilines is 2. The SMILES string of the molecule is Nc1cc(C(=O)Nc2ccccn2)ccn1. The lowest BCUT2D eigenvalue weighted by Gasteiger charge is -2.03. The van der Waals surface area contributed by atoms with Gasteiger partial charge in [0.25, 0.3) is 5.91 Å². The third-order valence-electron chi connectivity index (χ3n) is 1.95. The summed E-state index contributed by atoms with van der Waals surface area (Å²) in [5, 5.41) is 2.65. The maximum Gasteiger partial charge on any atom is 0.257 e. The number of carbonyl (C=O) groups excluding carboxylic acids is 1. The van der Waals surface area contributed by atoms with E-state index >= 15 is 0 Å². The number of carbonyl (C=O) groups is 1. The van der Waals surface area contributed by atoms with E-state index in [1.54, 1.807) is 30.5 Å². The van der Waals surface area contributed by atoms with Crippen LogP contribution in [0.4, 0.5) is 11.6 Å². The first-order chi connectivity index (χ1) is 7.75. The summed E-state index contributed by atoms with van der Waals surface area (Å²) in [5.74, 6) is 0.560. The first-order valence-corrected chi connectivity index (χ1v) is 4.69. The van der Waals surface area contributed by atoms with Crippen LogP contribution in [0.1, 0.15) is 10.4 Å². The lowest BCUT2D eigenvalue weighted by atomic mass is 10.2. The average Bonchev–Trinajstić information content (AvgIpc) is 2.30. The Bertz CT molecular complexity index is 498. The van der Waals surface area contributed by atoms with Crippen LogP contribution in [0.2, 0.25) is 0 Å². The summed E-state index contributed by atoms with van der Waals surface area (Å²) in [6.07, 6.45) is 3.10. The highest BCUT2D eigenvalue weighted by Crippen LogP contribution is 2.07. The Morgan fingerprint density at radius 2 is 2.06 bits per heavy atom. The highest BCUT2D eigenvalue weighted by molar-refractivity contribution is 6.04. The average molecular weight is 214 g/mol. The van der Waals surface area contributed by atoms with Crippen LogP contribution in [0.15, 0.2) is 42.7 Å². The highest BCUT2D eigenvalue weighted by Gasteiger charge is 2.06. The van der Waals surface area contributed by atoms with Crippen LogP contribution in [-0.2, 0) is 0 Å². The second kappa shape index (κ2) is 4.39. The molecule has 0 saturated carbocycles. The molecule has 0 radical (unpaired) electrons. The van der Waals surface area contributed by atoms with Crippen LogP contribution >= 0.6 is 0 Å². The van der Waals surface area contributed by atoms with Crippen LogP contribution in [0.5, 0.6) is 0 Å². The van der Waals surface area contributed by atoms with Crippen molar-refractivity contribution in [2.24, 2.45) is 0 Å². The zero-order chi connectivity index (χ0) is 11.4. The van der Waals surface area contributed by atoms with E-state index in [-0.39, 0.29) is 5.91 Å². The molecule has 16 heavy (non-hydrogen) atoms. The van der Waals surface area contributed by atoms with Crippen molar-refractivity contribution in [2.45, 2.75) is 0 Å². The number of hydrogen-bond donors (Lipinski definition) is 2. The summed E-state index contributed by atoms with van der Waals surface area (Å²) in [6, 6.07) is 8.39. The molecule has 0 atom stereocenters. The number of pyridine rings is 2. The van der Waals surface area contributed by atoms with E-state index in [2.05, 4.69) is 15.3 Å². The second-order valence-corrected chi connectivity index (χ2v) is 3.14. The van der Waals surface area contributed by atoms with Crippen LogP contribution < -0.4 is 11.1 Å². The zero-order valence-electron chi connectivity index (χ0n) is 8.42. The van der Waals surface area contributed by atoms with Gasteiger partial charge < -0.3 is 11.1 Å². The molecule has 3 N–H and O–H groups in total. The monoisotopic (exact) mass is 214 g/mol. The molecule has 0 aliphatic heterocycles. The minimum atomic E-state index is -0.257. The predicted molar refractivity (Wildman–Crippen MR) is 60.8 cm³/mol. The van der Waals surface area contributed by atoms with Crippen molar-refractivity contribution in [1.29, 1.82) is 0 Å². The van der Waals surface area contributed by atoms with Gasteiger partial charge in [-0.15, -0.1) is 0 Å². The number of nitrogens with one attached hydrogen (secondary N) is 1. The van der Waals surface area contributed by atoms with Gasteiger partial charge in [0.2, 0.25) is 0 Å².